The summed E-state index contributed by atoms with van der Waals surface area (Å²) in [6.07, 6.45) is 0.565. The van der Waals surface area contributed by atoms with Crippen LogP contribution in [0.3, 0.4) is 0 Å². The van der Waals surface area contributed by atoms with E-state index in [9.17, 15) is 9.59 Å². The molecule has 188 valence electrons. The van der Waals surface area contributed by atoms with Crippen LogP contribution in [0.15, 0.2) is 72.8 Å². The van der Waals surface area contributed by atoms with Gasteiger partial charge in [0.2, 0.25) is 0 Å². The molecule has 0 saturated carbocycles. The summed E-state index contributed by atoms with van der Waals surface area (Å²) >= 11 is 0. The average Bonchev–Trinajstić information content (AvgIpc) is 3.16. The fraction of sp³-hybridized carbons (Fsp3) is 0.355. The van der Waals surface area contributed by atoms with Crippen molar-refractivity contribution in [2.45, 2.75) is 58.1 Å². The van der Waals surface area contributed by atoms with Crippen molar-refractivity contribution in [1.29, 1.82) is 0 Å². The van der Waals surface area contributed by atoms with Crippen LogP contribution >= 0.6 is 0 Å². The van der Waals surface area contributed by atoms with E-state index < -0.39 is 23.7 Å². The summed E-state index contributed by atoms with van der Waals surface area (Å²) in [5.74, 6) is -0.464. The summed E-state index contributed by atoms with van der Waals surface area (Å²) in [4.78, 5) is 27.7. The van der Waals surface area contributed by atoms with Gasteiger partial charge in [0.25, 0.3) is 0 Å². The van der Waals surface area contributed by atoms with E-state index in [2.05, 4.69) is 30.3 Å². The summed E-state index contributed by atoms with van der Waals surface area (Å²) < 4.78 is 11.5. The van der Waals surface area contributed by atoms with Crippen LogP contribution in [-0.4, -0.2) is 42.3 Å². The zero-order chi connectivity index (χ0) is 25.9. The first-order chi connectivity index (χ1) is 17.2. The van der Waals surface area contributed by atoms with E-state index in [1.165, 1.54) is 16.0 Å². The van der Waals surface area contributed by atoms with E-state index in [-0.39, 0.29) is 12.5 Å². The third-order valence-corrected chi connectivity index (χ3v) is 6.72. The molecule has 0 spiro atoms. The van der Waals surface area contributed by atoms with E-state index in [0.717, 1.165) is 22.3 Å². The van der Waals surface area contributed by atoms with Crippen molar-refractivity contribution in [3.63, 3.8) is 0 Å². The molecule has 4 rings (SSSR count). The minimum Gasteiger partial charge on any atom is -0.458 e. The number of ether oxygens (including phenoxy) is 2. The first-order valence-electron chi connectivity index (χ1n) is 12.5. The highest BCUT2D eigenvalue weighted by Crippen LogP contribution is 2.44. The van der Waals surface area contributed by atoms with Gasteiger partial charge in [0.15, 0.2) is 0 Å². The Morgan fingerprint density at radius 1 is 0.889 bits per heavy atom. The second-order valence-electron chi connectivity index (χ2n) is 10.4. The molecule has 0 fully saturated rings. The van der Waals surface area contributed by atoms with Crippen LogP contribution < -0.4 is 0 Å². The standard InChI is InChI=1S/C31H35NO4/c1-21-12-6-7-13-22(21)18-19-28(29(33)36-31(2,3)4)32(5)30(34)35-20-27-25-16-10-8-14-23(25)24-15-9-11-17-26(24)27/h6-17,27-28H,18-20H2,1-5H3. The van der Waals surface area contributed by atoms with Crippen LogP contribution in [0.5, 0.6) is 0 Å². The molecule has 5 heteroatoms. The third kappa shape index (κ3) is 5.62. The predicted octanol–water partition coefficient (Wildman–Crippen LogP) is 6.52. The maximum Gasteiger partial charge on any atom is 0.410 e. The van der Waals surface area contributed by atoms with Gasteiger partial charge in [0, 0.05) is 13.0 Å². The Labute approximate surface area is 214 Å². The van der Waals surface area contributed by atoms with Crippen molar-refractivity contribution in [1.82, 2.24) is 4.90 Å². The van der Waals surface area contributed by atoms with Gasteiger partial charge in [-0.2, -0.15) is 0 Å². The zero-order valence-electron chi connectivity index (χ0n) is 21.8. The normalized spacial score (nSPS) is 13.5. The number of hydrogen-bond acceptors (Lipinski definition) is 4. The second kappa shape index (κ2) is 10.6. The summed E-state index contributed by atoms with van der Waals surface area (Å²) in [6, 6.07) is 23.8. The molecular formula is C31H35NO4. The van der Waals surface area contributed by atoms with Gasteiger partial charge < -0.3 is 9.47 Å². The molecule has 1 amide bonds. The summed E-state index contributed by atoms with van der Waals surface area (Å²) in [5, 5.41) is 0. The van der Waals surface area contributed by atoms with Crippen LogP contribution in [0.4, 0.5) is 4.79 Å². The number of hydrogen-bond donors (Lipinski definition) is 0. The number of aryl methyl sites for hydroxylation is 2. The largest absolute Gasteiger partial charge is 0.458 e. The SMILES string of the molecule is Cc1ccccc1CCC(C(=O)OC(C)(C)C)N(C)C(=O)OCC1c2ccccc2-c2ccccc21. The Bertz CT molecular complexity index is 1200. The quantitative estimate of drug-likeness (QED) is 0.358. The fourth-order valence-electron chi connectivity index (χ4n) is 4.85. The first-order valence-corrected chi connectivity index (χ1v) is 12.5. The molecule has 1 aliphatic rings. The highest BCUT2D eigenvalue weighted by atomic mass is 16.6. The smallest absolute Gasteiger partial charge is 0.410 e. The molecule has 1 atom stereocenters. The molecule has 1 unspecified atom stereocenters. The van der Waals surface area contributed by atoms with E-state index in [0.29, 0.717) is 12.8 Å². The van der Waals surface area contributed by atoms with Gasteiger partial charge in [-0.05, 0) is 73.9 Å². The van der Waals surface area contributed by atoms with Gasteiger partial charge in [-0.1, -0.05) is 72.8 Å². The Kier molecular flexibility index (Phi) is 7.48. The number of likely N-dealkylation sites (N-methyl/N-ethyl adjacent to an activating group) is 1. The number of rotatable bonds is 7. The van der Waals surface area contributed by atoms with Crippen LogP contribution in [-0.2, 0) is 20.7 Å². The highest BCUT2D eigenvalue weighted by Gasteiger charge is 2.34. The van der Waals surface area contributed by atoms with Crippen LogP contribution in [0, 0.1) is 6.92 Å². The highest BCUT2D eigenvalue weighted by molar-refractivity contribution is 5.82. The fourth-order valence-corrected chi connectivity index (χ4v) is 4.85. The Balaban J connectivity index is 1.49. The van der Waals surface area contributed by atoms with Gasteiger partial charge in [0.1, 0.15) is 18.2 Å². The topological polar surface area (TPSA) is 55.8 Å². The number of nitrogens with zero attached hydrogens (tertiary/aromatic N) is 1. The third-order valence-electron chi connectivity index (χ3n) is 6.72. The van der Waals surface area contributed by atoms with Gasteiger partial charge in [-0.25, -0.2) is 9.59 Å². The molecule has 3 aromatic rings. The van der Waals surface area contributed by atoms with Gasteiger partial charge >= 0.3 is 12.1 Å². The minimum atomic E-state index is -0.750. The lowest BCUT2D eigenvalue weighted by atomic mass is 9.98. The molecule has 36 heavy (non-hydrogen) atoms. The predicted molar refractivity (Wildman–Crippen MR) is 142 cm³/mol. The lowest BCUT2D eigenvalue weighted by Gasteiger charge is -2.30. The van der Waals surface area contributed by atoms with E-state index in [1.54, 1.807) is 7.05 Å². The van der Waals surface area contributed by atoms with Crippen molar-refractivity contribution in [2.75, 3.05) is 13.7 Å². The van der Waals surface area contributed by atoms with Gasteiger partial charge in [0.05, 0.1) is 0 Å². The molecular weight excluding hydrogens is 450 g/mol. The van der Waals surface area contributed by atoms with Crippen molar-refractivity contribution < 1.29 is 19.1 Å². The lowest BCUT2D eigenvalue weighted by Crippen LogP contribution is -2.46. The molecule has 1 aliphatic carbocycles. The molecule has 0 heterocycles. The zero-order valence-corrected chi connectivity index (χ0v) is 21.8. The van der Waals surface area contributed by atoms with Crippen LogP contribution in [0.2, 0.25) is 0 Å². The molecule has 0 bridgehead atoms. The number of carbonyl (C=O) groups excluding carboxylic acids is 2. The minimum absolute atomic E-state index is 0.0401. The van der Waals surface area contributed by atoms with Gasteiger partial charge in [-0.15, -0.1) is 0 Å². The second-order valence-corrected chi connectivity index (χ2v) is 10.4. The summed E-state index contributed by atoms with van der Waals surface area (Å²) in [5.41, 5.74) is 6.30. The Morgan fingerprint density at radius 2 is 1.44 bits per heavy atom. The van der Waals surface area contributed by atoms with Crippen molar-refractivity contribution in [2.24, 2.45) is 0 Å². The maximum absolute atomic E-state index is 13.2. The Morgan fingerprint density at radius 3 is 2.03 bits per heavy atom. The number of esters is 1. The molecule has 0 radical (unpaired) electrons. The van der Waals surface area contributed by atoms with Crippen molar-refractivity contribution >= 4 is 12.1 Å². The van der Waals surface area contributed by atoms with Crippen LogP contribution in [0.25, 0.3) is 11.1 Å². The van der Waals surface area contributed by atoms with E-state index in [4.69, 9.17) is 9.47 Å². The number of benzene rings is 3. The molecule has 0 aliphatic heterocycles. The van der Waals surface area contributed by atoms with Crippen LogP contribution in [0.1, 0.15) is 55.4 Å². The number of fused-ring (bicyclic) bond motifs is 3. The lowest BCUT2D eigenvalue weighted by molar-refractivity contribution is -0.160. The average molecular weight is 486 g/mol. The molecule has 0 saturated heterocycles. The first kappa shape index (κ1) is 25.5. The molecule has 3 aromatic carbocycles. The van der Waals surface area contributed by atoms with E-state index in [1.807, 2.05) is 70.2 Å². The van der Waals surface area contributed by atoms with Crippen molar-refractivity contribution in [3.8, 4) is 11.1 Å². The number of amides is 1. The molecule has 0 aromatic heterocycles. The molecule has 0 N–H and O–H groups in total. The summed E-state index contributed by atoms with van der Waals surface area (Å²) in [6.45, 7) is 7.74. The molecule has 5 nitrogen and oxygen atoms in total. The van der Waals surface area contributed by atoms with Crippen molar-refractivity contribution in [3.05, 3.63) is 95.1 Å². The summed E-state index contributed by atoms with van der Waals surface area (Å²) in [7, 11) is 1.62. The van der Waals surface area contributed by atoms with E-state index >= 15 is 0 Å². The Hall–Kier alpha value is -3.60. The van der Waals surface area contributed by atoms with Gasteiger partial charge in [-0.3, -0.25) is 4.90 Å². The monoisotopic (exact) mass is 485 g/mol. The maximum atomic E-state index is 13.2. The number of carbonyl (C=O) groups is 2.